The molecular weight excluding hydrogens is 817 g/mol. The SMILES string of the molecule is CCCCCCCCCCC(CCCCCCC(=O)OCCC(CCCCC)CCCCC)N(CCCCCCCC(=O)OCCC(CCCCC)CCCCC)C(=O)CCCCN(C)C. The van der Waals surface area contributed by atoms with E-state index in [1.165, 1.54) is 154 Å². The van der Waals surface area contributed by atoms with Gasteiger partial charge in [-0.05, 0) is 90.3 Å². The second-order valence-electron chi connectivity index (χ2n) is 21.0. The van der Waals surface area contributed by atoms with Crippen molar-refractivity contribution in [1.82, 2.24) is 9.80 Å². The molecule has 0 aliphatic carbocycles. The second kappa shape index (κ2) is 49.8. The molecule has 0 aromatic heterocycles. The molecule has 0 bridgehead atoms. The molecule has 0 heterocycles. The topological polar surface area (TPSA) is 76.1 Å². The summed E-state index contributed by atoms with van der Waals surface area (Å²) in [4.78, 5) is 43.9. The molecule has 0 saturated heterocycles. The van der Waals surface area contributed by atoms with Gasteiger partial charge in [0.05, 0.1) is 13.2 Å². The quantitative estimate of drug-likeness (QED) is 0.0447. The average molecular weight is 934 g/mol. The van der Waals surface area contributed by atoms with Crippen molar-refractivity contribution in [3.8, 4) is 0 Å². The van der Waals surface area contributed by atoms with Crippen LogP contribution in [-0.2, 0) is 23.9 Å². The van der Waals surface area contributed by atoms with Gasteiger partial charge in [-0.1, -0.05) is 227 Å². The maximum atomic E-state index is 14.0. The van der Waals surface area contributed by atoms with E-state index in [4.69, 9.17) is 9.47 Å². The lowest BCUT2D eigenvalue weighted by Gasteiger charge is -2.33. The Morgan fingerprint density at radius 1 is 0.348 bits per heavy atom. The zero-order valence-corrected chi connectivity index (χ0v) is 45.7. The van der Waals surface area contributed by atoms with E-state index in [1.807, 2.05) is 0 Å². The lowest BCUT2D eigenvalue weighted by Crippen LogP contribution is -2.41. The first-order valence-corrected chi connectivity index (χ1v) is 29.5. The van der Waals surface area contributed by atoms with Crippen LogP contribution in [0.3, 0.4) is 0 Å². The standard InChI is InChI=1S/C59H116N2O5/c1-8-13-18-19-20-21-23-32-43-56(44-33-25-26-35-47-59(64)66-53-49-55(41-30-16-11-4)42-31-17-12-5)61(57(62)45-36-38-50-60(6)7)51-37-27-22-24-34-46-58(63)65-52-48-54(39-28-14-9-2)40-29-15-10-3/h54-56H,8-53H2,1-7H3. The molecule has 0 radical (unpaired) electrons. The molecular formula is C59H116N2O5. The van der Waals surface area contributed by atoms with Crippen LogP contribution in [0.4, 0.5) is 0 Å². The Morgan fingerprint density at radius 2 is 0.667 bits per heavy atom. The lowest BCUT2D eigenvalue weighted by atomic mass is 9.92. The summed E-state index contributed by atoms with van der Waals surface area (Å²) in [6.45, 7) is 14.4. The normalized spacial score (nSPS) is 12.2. The number of carbonyl (C=O) groups is 3. The zero-order chi connectivity index (χ0) is 48.6. The molecule has 0 aromatic rings. The highest BCUT2D eigenvalue weighted by Gasteiger charge is 2.23. The van der Waals surface area contributed by atoms with Crippen LogP contribution >= 0.6 is 0 Å². The number of amides is 1. The van der Waals surface area contributed by atoms with E-state index >= 15 is 0 Å². The van der Waals surface area contributed by atoms with E-state index in [9.17, 15) is 14.4 Å². The number of carbonyl (C=O) groups excluding carboxylic acids is 3. The summed E-state index contributed by atoms with van der Waals surface area (Å²) in [5.41, 5.74) is 0. The highest BCUT2D eigenvalue weighted by molar-refractivity contribution is 5.76. The Morgan fingerprint density at radius 3 is 1.08 bits per heavy atom. The van der Waals surface area contributed by atoms with E-state index in [-0.39, 0.29) is 11.9 Å². The Hall–Kier alpha value is -1.63. The predicted molar refractivity (Wildman–Crippen MR) is 285 cm³/mol. The lowest BCUT2D eigenvalue weighted by molar-refractivity contribution is -0.145. The Bertz CT molecular complexity index is 1030. The van der Waals surface area contributed by atoms with Gasteiger partial charge in [0.15, 0.2) is 0 Å². The Balaban J connectivity index is 5.15. The van der Waals surface area contributed by atoms with Crippen molar-refractivity contribution in [2.75, 3.05) is 40.4 Å². The zero-order valence-electron chi connectivity index (χ0n) is 45.7. The summed E-state index contributed by atoms with van der Waals surface area (Å²) in [6, 6.07) is 0.298. The van der Waals surface area contributed by atoms with Gasteiger partial charge >= 0.3 is 11.9 Å². The fraction of sp³-hybridized carbons (Fsp3) is 0.949. The molecule has 7 nitrogen and oxygen atoms in total. The maximum Gasteiger partial charge on any atom is 0.305 e. The summed E-state index contributed by atoms with van der Waals surface area (Å²) < 4.78 is 11.5. The van der Waals surface area contributed by atoms with Gasteiger partial charge in [-0.15, -0.1) is 0 Å². The average Bonchev–Trinajstić information content (AvgIpc) is 3.30. The molecule has 1 amide bonds. The number of unbranched alkanes of at least 4 members (excludes halogenated alkanes) is 23. The highest BCUT2D eigenvalue weighted by Crippen LogP contribution is 2.24. The van der Waals surface area contributed by atoms with E-state index < -0.39 is 0 Å². The van der Waals surface area contributed by atoms with Crippen LogP contribution < -0.4 is 0 Å². The van der Waals surface area contributed by atoms with Gasteiger partial charge in [-0.2, -0.15) is 0 Å². The number of hydrogen-bond donors (Lipinski definition) is 0. The molecule has 392 valence electrons. The van der Waals surface area contributed by atoms with Crippen LogP contribution in [0.5, 0.6) is 0 Å². The highest BCUT2D eigenvalue weighted by atomic mass is 16.5. The van der Waals surface area contributed by atoms with Gasteiger partial charge in [0.25, 0.3) is 0 Å². The fourth-order valence-electron chi connectivity index (χ4n) is 9.83. The smallest absolute Gasteiger partial charge is 0.305 e. The molecule has 1 unspecified atom stereocenters. The first kappa shape index (κ1) is 64.4. The van der Waals surface area contributed by atoms with Crippen molar-refractivity contribution in [2.45, 2.75) is 310 Å². The maximum absolute atomic E-state index is 14.0. The minimum Gasteiger partial charge on any atom is -0.466 e. The summed E-state index contributed by atoms with van der Waals surface area (Å²) in [6.07, 6.45) is 48.1. The van der Waals surface area contributed by atoms with E-state index in [1.54, 1.807) is 0 Å². The molecule has 1 atom stereocenters. The van der Waals surface area contributed by atoms with Gasteiger partial charge in [0.2, 0.25) is 5.91 Å². The van der Waals surface area contributed by atoms with Gasteiger partial charge in [0, 0.05) is 31.8 Å². The summed E-state index contributed by atoms with van der Waals surface area (Å²) in [5, 5.41) is 0. The van der Waals surface area contributed by atoms with Crippen molar-refractivity contribution in [1.29, 1.82) is 0 Å². The molecule has 0 rings (SSSR count). The molecule has 0 aliphatic rings. The number of ether oxygens (including phenoxy) is 2. The van der Waals surface area contributed by atoms with Crippen LogP contribution in [0.15, 0.2) is 0 Å². The molecule has 0 fully saturated rings. The van der Waals surface area contributed by atoms with Crippen LogP contribution in [-0.4, -0.2) is 74.1 Å². The first-order valence-electron chi connectivity index (χ1n) is 29.5. The molecule has 0 saturated carbocycles. The Kier molecular flexibility index (Phi) is 48.6. The van der Waals surface area contributed by atoms with E-state index in [0.717, 1.165) is 109 Å². The first-order chi connectivity index (χ1) is 32.2. The minimum atomic E-state index is -0.0275. The Labute approximate surface area is 412 Å². The van der Waals surface area contributed by atoms with Gasteiger partial charge in [0.1, 0.15) is 0 Å². The molecule has 7 heteroatoms. The molecule has 0 aromatic carbocycles. The van der Waals surface area contributed by atoms with Crippen LogP contribution in [0, 0.1) is 11.8 Å². The van der Waals surface area contributed by atoms with Crippen molar-refractivity contribution >= 4 is 17.8 Å². The third-order valence-electron chi connectivity index (χ3n) is 14.3. The van der Waals surface area contributed by atoms with E-state index in [2.05, 4.69) is 58.5 Å². The predicted octanol–water partition coefficient (Wildman–Crippen LogP) is 17.5. The monoisotopic (exact) mass is 933 g/mol. The van der Waals surface area contributed by atoms with Crippen LogP contribution in [0.2, 0.25) is 0 Å². The molecule has 0 spiro atoms. The second-order valence-corrected chi connectivity index (χ2v) is 21.0. The summed E-state index contributed by atoms with van der Waals surface area (Å²) in [5.74, 6) is 1.68. The molecule has 0 aliphatic heterocycles. The van der Waals surface area contributed by atoms with Crippen molar-refractivity contribution in [2.24, 2.45) is 11.8 Å². The van der Waals surface area contributed by atoms with Crippen molar-refractivity contribution in [3.63, 3.8) is 0 Å². The largest absolute Gasteiger partial charge is 0.466 e. The van der Waals surface area contributed by atoms with Crippen LogP contribution in [0.1, 0.15) is 304 Å². The van der Waals surface area contributed by atoms with Crippen molar-refractivity contribution in [3.05, 3.63) is 0 Å². The number of hydrogen-bond acceptors (Lipinski definition) is 6. The molecule has 66 heavy (non-hydrogen) atoms. The number of esters is 2. The van der Waals surface area contributed by atoms with E-state index in [0.29, 0.717) is 56.3 Å². The fourth-order valence-corrected chi connectivity index (χ4v) is 9.83. The van der Waals surface area contributed by atoms with Gasteiger partial charge < -0.3 is 19.3 Å². The molecule has 0 N–H and O–H groups in total. The summed E-state index contributed by atoms with van der Waals surface area (Å²) in [7, 11) is 4.23. The van der Waals surface area contributed by atoms with Gasteiger partial charge in [-0.25, -0.2) is 0 Å². The third kappa shape index (κ3) is 42.5. The minimum absolute atomic E-state index is 0.0240. The van der Waals surface area contributed by atoms with Crippen LogP contribution in [0.25, 0.3) is 0 Å². The van der Waals surface area contributed by atoms with Crippen molar-refractivity contribution < 1.29 is 23.9 Å². The summed E-state index contributed by atoms with van der Waals surface area (Å²) >= 11 is 0. The van der Waals surface area contributed by atoms with Gasteiger partial charge in [-0.3, -0.25) is 14.4 Å². The third-order valence-corrected chi connectivity index (χ3v) is 14.3. The number of rotatable bonds is 52. The number of nitrogens with zero attached hydrogens (tertiary/aromatic N) is 2.